The number of nitrogens with two attached hydrogens (primary N) is 1. The van der Waals surface area contributed by atoms with Crippen LogP contribution in [0.4, 0.5) is 5.69 Å². The van der Waals surface area contributed by atoms with Gasteiger partial charge in [0, 0.05) is 38.4 Å². The minimum absolute atomic E-state index is 0. The molecule has 0 radical (unpaired) electrons. The number of carbonyl (C=O) groups excluding carboxylic acids is 1. The number of amides is 1. The Bertz CT molecular complexity index is 325. The minimum Gasteiger partial charge on any atom is -0.378 e. The molecule has 0 atom stereocenters. The predicted molar refractivity (Wildman–Crippen MR) is 69.4 cm³/mol. The van der Waals surface area contributed by atoms with E-state index in [1.54, 1.807) is 12.1 Å². The van der Waals surface area contributed by atoms with Crippen molar-refractivity contribution in [3.05, 3.63) is 29.8 Å². The van der Waals surface area contributed by atoms with Gasteiger partial charge >= 0.3 is 0 Å². The van der Waals surface area contributed by atoms with Crippen molar-refractivity contribution in [1.29, 1.82) is 0 Å². The summed E-state index contributed by atoms with van der Waals surface area (Å²) in [4.78, 5) is 13.5. The predicted octanol–water partition coefficient (Wildman–Crippen LogP) is 0.863. The largest absolute Gasteiger partial charge is 0.378 e. The van der Waals surface area contributed by atoms with Crippen LogP contribution in [0.5, 0.6) is 0 Å². The summed E-state index contributed by atoms with van der Waals surface area (Å²) < 4.78 is 0. The quantitative estimate of drug-likeness (QED) is 0.825. The fourth-order valence-electron chi connectivity index (χ4n) is 1.20. The fourth-order valence-corrected chi connectivity index (χ4v) is 1.20. The Kier molecular flexibility index (Phi) is 6.53. The van der Waals surface area contributed by atoms with E-state index in [9.17, 15) is 4.79 Å². The highest BCUT2D eigenvalue weighted by atomic mass is 35.5. The summed E-state index contributed by atoms with van der Waals surface area (Å²) in [5.41, 5.74) is 7.03. The summed E-state index contributed by atoms with van der Waals surface area (Å²) in [6.07, 6.45) is 0. The second-order valence-corrected chi connectivity index (χ2v) is 3.49. The second kappa shape index (κ2) is 7.09. The van der Waals surface area contributed by atoms with E-state index in [2.05, 4.69) is 5.32 Å². The zero-order valence-electron chi connectivity index (χ0n) is 9.56. The van der Waals surface area contributed by atoms with Gasteiger partial charge in [0.25, 0.3) is 5.91 Å². The summed E-state index contributed by atoms with van der Waals surface area (Å²) in [5, 5.41) is 2.72. The Balaban J connectivity index is 0.00000225. The van der Waals surface area contributed by atoms with E-state index in [0.29, 0.717) is 18.7 Å². The average Bonchev–Trinajstić information content (AvgIpc) is 2.26. The van der Waals surface area contributed by atoms with Gasteiger partial charge in [0.2, 0.25) is 0 Å². The van der Waals surface area contributed by atoms with E-state index in [1.165, 1.54) is 0 Å². The van der Waals surface area contributed by atoms with Gasteiger partial charge in [-0.1, -0.05) is 0 Å². The highest BCUT2D eigenvalue weighted by molar-refractivity contribution is 5.94. The van der Waals surface area contributed by atoms with Gasteiger partial charge in [0.05, 0.1) is 0 Å². The van der Waals surface area contributed by atoms with Gasteiger partial charge in [-0.2, -0.15) is 0 Å². The Labute approximate surface area is 102 Å². The molecule has 0 spiro atoms. The van der Waals surface area contributed by atoms with E-state index < -0.39 is 0 Å². The molecule has 16 heavy (non-hydrogen) atoms. The summed E-state index contributed by atoms with van der Waals surface area (Å²) in [6, 6.07) is 7.44. The fraction of sp³-hybridized carbons (Fsp3) is 0.364. The standard InChI is InChI=1S/C11H17N3O.ClH/c1-14(2)10-5-3-9(4-6-10)11(15)13-8-7-12;/h3-6H,7-8,12H2,1-2H3,(H,13,15);1H. The maximum atomic E-state index is 11.5. The van der Waals surface area contributed by atoms with Crippen LogP contribution in [-0.4, -0.2) is 33.1 Å². The molecule has 0 fully saturated rings. The molecule has 0 aliphatic carbocycles. The summed E-state index contributed by atoms with van der Waals surface area (Å²) in [5.74, 6) is -0.0780. The molecular weight excluding hydrogens is 226 g/mol. The zero-order valence-corrected chi connectivity index (χ0v) is 10.4. The topological polar surface area (TPSA) is 58.4 Å². The van der Waals surface area contributed by atoms with Crippen molar-refractivity contribution in [3.8, 4) is 0 Å². The lowest BCUT2D eigenvalue weighted by Crippen LogP contribution is -2.28. The number of rotatable bonds is 4. The van der Waals surface area contributed by atoms with Crippen LogP contribution in [0.1, 0.15) is 10.4 Å². The van der Waals surface area contributed by atoms with E-state index in [-0.39, 0.29) is 18.3 Å². The van der Waals surface area contributed by atoms with Crippen molar-refractivity contribution in [2.24, 2.45) is 5.73 Å². The van der Waals surface area contributed by atoms with Gasteiger partial charge in [0.15, 0.2) is 0 Å². The van der Waals surface area contributed by atoms with Crippen LogP contribution in [0.2, 0.25) is 0 Å². The van der Waals surface area contributed by atoms with Crippen molar-refractivity contribution in [3.63, 3.8) is 0 Å². The number of nitrogens with zero attached hydrogens (tertiary/aromatic N) is 1. The van der Waals surface area contributed by atoms with Crippen LogP contribution in [0.25, 0.3) is 0 Å². The lowest BCUT2D eigenvalue weighted by molar-refractivity contribution is 0.0955. The monoisotopic (exact) mass is 243 g/mol. The molecule has 0 unspecified atom stereocenters. The van der Waals surface area contributed by atoms with E-state index in [0.717, 1.165) is 5.69 Å². The molecule has 0 heterocycles. The van der Waals surface area contributed by atoms with Crippen LogP contribution < -0.4 is 16.0 Å². The number of halogens is 1. The van der Waals surface area contributed by atoms with Gasteiger partial charge in [-0.25, -0.2) is 0 Å². The van der Waals surface area contributed by atoms with Gasteiger partial charge in [-0.15, -0.1) is 12.4 Å². The van der Waals surface area contributed by atoms with Crippen molar-refractivity contribution < 1.29 is 4.79 Å². The van der Waals surface area contributed by atoms with Gasteiger partial charge < -0.3 is 16.0 Å². The maximum Gasteiger partial charge on any atom is 0.251 e. The molecule has 0 aliphatic heterocycles. The Morgan fingerprint density at radius 1 is 1.31 bits per heavy atom. The Morgan fingerprint density at radius 2 is 1.88 bits per heavy atom. The molecule has 0 aliphatic rings. The van der Waals surface area contributed by atoms with Crippen molar-refractivity contribution in [2.75, 3.05) is 32.1 Å². The number of anilines is 1. The third-order valence-electron chi connectivity index (χ3n) is 2.08. The maximum absolute atomic E-state index is 11.5. The highest BCUT2D eigenvalue weighted by Gasteiger charge is 2.04. The molecule has 0 bridgehead atoms. The molecule has 0 aromatic heterocycles. The molecular formula is C11H18ClN3O. The minimum atomic E-state index is -0.0780. The van der Waals surface area contributed by atoms with Gasteiger partial charge in [-0.3, -0.25) is 4.79 Å². The third kappa shape index (κ3) is 4.08. The van der Waals surface area contributed by atoms with Crippen LogP contribution in [0.15, 0.2) is 24.3 Å². The molecule has 0 saturated carbocycles. The van der Waals surface area contributed by atoms with Crippen LogP contribution in [0.3, 0.4) is 0 Å². The molecule has 5 heteroatoms. The summed E-state index contributed by atoms with van der Waals surface area (Å²) in [7, 11) is 3.92. The first kappa shape index (κ1) is 14.7. The third-order valence-corrected chi connectivity index (χ3v) is 2.08. The Morgan fingerprint density at radius 3 is 2.31 bits per heavy atom. The lowest BCUT2D eigenvalue weighted by Gasteiger charge is -2.12. The molecule has 90 valence electrons. The SMILES string of the molecule is CN(C)c1ccc(C(=O)NCCN)cc1.Cl. The van der Waals surface area contributed by atoms with Crippen LogP contribution >= 0.6 is 12.4 Å². The normalized spacial score (nSPS) is 9.19. The molecule has 0 saturated heterocycles. The van der Waals surface area contributed by atoms with Crippen LogP contribution in [-0.2, 0) is 0 Å². The van der Waals surface area contributed by atoms with Crippen molar-refractivity contribution >= 4 is 24.0 Å². The van der Waals surface area contributed by atoms with Gasteiger partial charge in [0.1, 0.15) is 0 Å². The molecule has 1 aromatic rings. The average molecular weight is 244 g/mol. The van der Waals surface area contributed by atoms with Crippen molar-refractivity contribution in [2.45, 2.75) is 0 Å². The number of hydrogen-bond acceptors (Lipinski definition) is 3. The van der Waals surface area contributed by atoms with Crippen LogP contribution in [0, 0.1) is 0 Å². The molecule has 1 amide bonds. The lowest BCUT2D eigenvalue weighted by atomic mass is 10.2. The second-order valence-electron chi connectivity index (χ2n) is 3.49. The number of benzene rings is 1. The summed E-state index contributed by atoms with van der Waals surface area (Å²) >= 11 is 0. The first-order valence-electron chi connectivity index (χ1n) is 4.91. The van der Waals surface area contributed by atoms with E-state index in [1.807, 2.05) is 31.1 Å². The van der Waals surface area contributed by atoms with Crippen molar-refractivity contribution in [1.82, 2.24) is 5.32 Å². The highest BCUT2D eigenvalue weighted by Crippen LogP contribution is 2.11. The molecule has 4 nitrogen and oxygen atoms in total. The van der Waals surface area contributed by atoms with E-state index in [4.69, 9.17) is 5.73 Å². The molecule has 1 aromatic carbocycles. The molecule has 1 rings (SSSR count). The first-order valence-corrected chi connectivity index (χ1v) is 4.91. The number of carbonyl (C=O) groups is 1. The van der Waals surface area contributed by atoms with Gasteiger partial charge in [-0.05, 0) is 24.3 Å². The summed E-state index contributed by atoms with van der Waals surface area (Å²) in [6.45, 7) is 0.968. The number of hydrogen-bond donors (Lipinski definition) is 2. The first-order chi connectivity index (χ1) is 7.15. The zero-order chi connectivity index (χ0) is 11.3. The molecule has 3 N–H and O–H groups in total. The smallest absolute Gasteiger partial charge is 0.251 e. The number of nitrogens with one attached hydrogen (secondary N) is 1. The van der Waals surface area contributed by atoms with E-state index >= 15 is 0 Å². The Hall–Kier alpha value is -1.26.